The monoisotopic (exact) mass is 580 g/mol. The highest BCUT2D eigenvalue weighted by Gasteiger charge is 2.79. The van der Waals surface area contributed by atoms with E-state index in [0.717, 1.165) is 16.7 Å². The van der Waals surface area contributed by atoms with Gasteiger partial charge in [-0.2, -0.15) is 22.0 Å². The first kappa shape index (κ1) is 29.9. The fraction of sp³-hybridized carbons (Fsp3) is 0.613. The average Bonchev–Trinajstić information content (AvgIpc) is 3.18. The molecule has 1 amide bonds. The predicted molar refractivity (Wildman–Crippen MR) is 144 cm³/mol. The Hall–Kier alpha value is -2.59. The van der Waals surface area contributed by atoms with E-state index in [2.05, 4.69) is 5.32 Å². The number of hydrogen-bond acceptors (Lipinski definition) is 4. The van der Waals surface area contributed by atoms with Crippen molar-refractivity contribution in [2.75, 3.05) is 27.2 Å². The largest absolute Gasteiger partial charge is 0.456 e. The van der Waals surface area contributed by atoms with Crippen LogP contribution < -0.4 is 5.32 Å². The molecule has 1 aromatic rings. The van der Waals surface area contributed by atoms with Crippen LogP contribution >= 0.6 is 0 Å². The summed E-state index contributed by atoms with van der Waals surface area (Å²) in [7, 11) is 3.78. The van der Waals surface area contributed by atoms with Crippen LogP contribution in [0.2, 0.25) is 0 Å². The first-order valence-electron chi connectivity index (χ1n) is 14.3. The Morgan fingerprint density at radius 2 is 1.76 bits per heavy atom. The summed E-state index contributed by atoms with van der Waals surface area (Å²) in [6.45, 7) is 2.52. The molecule has 2 saturated carbocycles. The summed E-state index contributed by atoms with van der Waals surface area (Å²) in [6.07, 6.45) is -3.00. The molecule has 2 unspecified atom stereocenters. The highest BCUT2D eigenvalue weighted by molar-refractivity contribution is 5.94. The van der Waals surface area contributed by atoms with E-state index >= 15 is 8.78 Å². The number of fused-ring (bicyclic) bond motifs is 4. The Balaban J connectivity index is 1.57. The van der Waals surface area contributed by atoms with Gasteiger partial charge in [0.15, 0.2) is 5.78 Å². The van der Waals surface area contributed by atoms with Crippen molar-refractivity contribution >= 4 is 11.7 Å². The average molecular weight is 581 g/mol. The number of allylic oxidation sites excluding steroid dienone is 4. The predicted octanol–water partition coefficient (Wildman–Crippen LogP) is 5.81. The van der Waals surface area contributed by atoms with Gasteiger partial charge in [-0.05, 0) is 99.4 Å². The van der Waals surface area contributed by atoms with Crippen LogP contribution in [0.25, 0.3) is 0 Å². The van der Waals surface area contributed by atoms with E-state index in [1.807, 2.05) is 19.0 Å². The third-order valence-corrected chi connectivity index (χ3v) is 10.2. The number of nitrogens with one attached hydrogen (secondary N) is 1. The molecule has 4 aliphatic rings. The molecule has 0 aliphatic heterocycles. The molecule has 0 aromatic heterocycles. The first-order chi connectivity index (χ1) is 19.1. The van der Waals surface area contributed by atoms with Gasteiger partial charge in [-0.15, -0.1) is 0 Å². The van der Waals surface area contributed by atoms with Gasteiger partial charge in [0, 0.05) is 36.4 Å². The molecular weight excluding hydrogens is 543 g/mol. The zero-order valence-electron chi connectivity index (χ0n) is 23.6. The molecule has 4 aliphatic carbocycles. The Morgan fingerprint density at radius 1 is 1.07 bits per heavy atom. The third kappa shape index (κ3) is 4.75. The van der Waals surface area contributed by atoms with Crippen LogP contribution in [-0.4, -0.2) is 66.6 Å². The summed E-state index contributed by atoms with van der Waals surface area (Å²) >= 11 is 0. The van der Waals surface area contributed by atoms with Crippen molar-refractivity contribution in [3.05, 3.63) is 58.2 Å². The molecule has 2 N–H and O–H groups in total. The Kier molecular flexibility index (Phi) is 7.50. The smallest absolute Gasteiger partial charge is 0.383 e. The number of carbonyl (C=O) groups excluding carboxylic acids is 2. The number of halogens is 5. The molecule has 0 radical (unpaired) electrons. The second-order valence-corrected chi connectivity index (χ2v) is 12.6. The minimum absolute atomic E-state index is 0.0321. The molecule has 5 nitrogen and oxygen atoms in total. The van der Waals surface area contributed by atoms with E-state index in [0.29, 0.717) is 49.9 Å². The number of alkyl halides is 5. The molecule has 0 saturated heterocycles. The second kappa shape index (κ2) is 10.3. The van der Waals surface area contributed by atoms with Crippen LogP contribution in [0.1, 0.15) is 73.7 Å². The van der Waals surface area contributed by atoms with Gasteiger partial charge in [0.25, 0.3) is 5.91 Å². The van der Waals surface area contributed by atoms with Gasteiger partial charge < -0.3 is 15.3 Å². The Morgan fingerprint density at radius 3 is 2.39 bits per heavy atom. The van der Waals surface area contributed by atoms with Gasteiger partial charge in [-0.1, -0.05) is 24.6 Å². The molecule has 224 valence electrons. The quantitative estimate of drug-likeness (QED) is 0.417. The van der Waals surface area contributed by atoms with Crippen LogP contribution in [0.15, 0.2) is 47.1 Å². The Bertz CT molecular complexity index is 1290. The number of likely N-dealkylation sites (N-methyl/N-ethyl adjacent to an activating group) is 1. The minimum atomic E-state index is -5.89. The van der Waals surface area contributed by atoms with E-state index in [1.165, 1.54) is 6.92 Å². The molecule has 10 heteroatoms. The number of rotatable bonds is 6. The Labute approximate surface area is 236 Å². The summed E-state index contributed by atoms with van der Waals surface area (Å²) in [4.78, 5) is 26.8. The van der Waals surface area contributed by atoms with E-state index < -0.39 is 41.4 Å². The van der Waals surface area contributed by atoms with Crippen molar-refractivity contribution in [1.82, 2.24) is 10.2 Å². The van der Waals surface area contributed by atoms with Crippen LogP contribution in [0.4, 0.5) is 22.0 Å². The topological polar surface area (TPSA) is 69.6 Å². The molecule has 2 fully saturated rings. The lowest BCUT2D eigenvalue weighted by Crippen LogP contribution is -2.65. The number of benzene rings is 1. The minimum Gasteiger partial charge on any atom is -0.383 e. The summed E-state index contributed by atoms with van der Waals surface area (Å²) in [6, 6.07) is 6.76. The molecule has 5 rings (SSSR count). The molecule has 41 heavy (non-hydrogen) atoms. The molecular formula is C31H37F5N2O3. The first-order valence-corrected chi connectivity index (χ1v) is 14.3. The van der Waals surface area contributed by atoms with E-state index in [9.17, 15) is 27.9 Å². The number of aliphatic hydroxyl groups is 1. The van der Waals surface area contributed by atoms with Crippen LogP contribution in [-0.2, 0) is 4.79 Å². The lowest BCUT2D eigenvalue weighted by atomic mass is 9.50. The summed E-state index contributed by atoms with van der Waals surface area (Å²) < 4.78 is 71.4. The summed E-state index contributed by atoms with van der Waals surface area (Å²) in [5.41, 5.74) is -0.912. The standard InChI is InChI=1S/C31H37F5N2O3/c1-28-17-24(18-4-6-19(7-5-18)27(40)37-14-15-38(2)3)26-22-11-9-21(39)16-20(22)8-10-23(26)25(28)12-13-29(28,41)30(32,33)31(34,35)36/h4-7,16,23-25,41H,8-15,17H2,1-3H3,(H,37,40)/t23?,24-,25?,28+,29-/m1/s1. The number of ketones is 1. The van der Waals surface area contributed by atoms with Crippen LogP contribution in [0.3, 0.4) is 0 Å². The third-order valence-electron chi connectivity index (χ3n) is 10.2. The molecule has 5 atom stereocenters. The van der Waals surface area contributed by atoms with Crippen molar-refractivity contribution in [3.8, 4) is 0 Å². The van der Waals surface area contributed by atoms with Gasteiger partial charge in [-0.25, -0.2) is 0 Å². The van der Waals surface area contributed by atoms with E-state index in [-0.39, 0.29) is 30.4 Å². The maximum atomic E-state index is 15.1. The fourth-order valence-electron chi connectivity index (χ4n) is 8.08. The van der Waals surface area contributed by atoms with Crippen molar-refractivity contribution in [2.24, 2.45) is 17.3 Å². The van der Waals surface area contributed by atoms with Gasteiger partial charge in [0.1, 0.15) is 5.60 Å². The fourth-order valence-corrected chi connectivity index (χ4v) is 8.08. The van der Waals surface area contributed by atoms with Gasteiger partial charge >= 0.3 is 12.1 Å². The second-order valence-electron chi connectivity index (χ2n) is 12.6. The van der Waals surface area contributed by atoms with Crippen molar-refractivity contribution in [1.29, 1.82) is 0 Å². The molecule has 0 bridgehead atoms. The SMILES string of the molecule is CN(C)CCNC(=O)c1ccc([C@H]2C[C@@]3(C)C(CC[C@]3(O)C(F)(F)C(F)(F)F)C3CCC4=CC(=O)CCC4=C32)cc1. The lowest BCUT2D eigenvalue weighted by Gasteiger charge is -2.56. The van der Waals surface area contributed by atoms with Crippen molar-refractivity contribution in [2.45, 2.75) is 75.5 Å². The number of hydrogen-bond donors (Lipinski definition) is 2. The van der Waals surface area contributed by atoms with E-state index in [1.54, 1.807) is 30.3 Å². The number of nitrogens with zero attached hydrogens (tertiary/aromatic N) is 1. The zero-order valence-corrected chi connectivity index (χ0v) is 23.6. The lowest BCUT2D eigenvalue weighted by molar-refractivity contribution is -0.362. The normalized spacial score (nSPS) is 31.9. The molecule has 0 spiro atoms. The number of amides is 1. The summed E-state index contributed by atoms with van der Waals surface area (Å²) in [5, 5.41) is 14.2. The van der Waals surface area contributed by atoms with Crippen molar-refractivity contribution < 1.29 is 36.6 Å². The maximum Gasteiger partial charge on any atom is 0.456 e. The van der Waals surface area contributed by atoms with Gasteiger partial charge in [-0.3, -0.25) is 9.59 Å². The van der Waals surface area contributed by atoms with Gasteiger partial charge in [0.05, 0.1) is 0 Å². The summed E-state index contributed by atoms with van der Waals surface area (Å²) in [5.74, 6) is -6.88. The van der Waals surface area contributed by atoms with Crippen LogP contribution in [0, 0.1) is 17.3 Å². The molecule has 0 heterocycles. The number of carbonyl (C=O) groups is 2. The molecule has 1 aromatic carbocycles. The van der Waals surface area contributed by atoms with Crippen LogP contribution in [0.5, 0.6) is 0 Å². The van der Waals surface area contributed by atoms with E-state index in [4.69, 9.17) is 0 Å². The maximum absolute atomic E-state index is 15.1. The van der Waals surface area contributed by atoms with Crippen molar-refractivity contribution in [3.63, 3.8) is 0 Å². The zero-order chi connectivity index (χ0) is 30.0. The van der Waals surface area contributed by atoms with Gasteiger partial charge in [0.2, 0.25) is 0 Å². The highest BCUT2D eigenvalue weighted by atomic mass is 19.4. The highest BCUT2D eigenvalue weighted by Crippen LogP contribution is 2.70.